The lowest BCUT2D eigenvalue weighted by Crippen LogP contribution is -2.26. The van der Waals surface area contributed by atoms with Crippen LogP contribution in [0.2, 0.25) is 0 Å². The van der Waals surface area contributed by atoms with Gasteiger partial charge in [0.1, 0.15) is 26.2 Å². The Morgan fingerprint density at radius 3 is 0.507 bits per heavy atom. The smallest absolute Gasteiger partial charge is 0.212 e. The zero-order chi connectivity index (χ0) is 105. The number of benzene rings is 8. The molecule has 0 saturated heterocycles. The van der Waals surface area contributed by atoms with Gasteiger partial charge in [0, 0.05) is 272 Å². The molecule has 8 aromatic rings. The topological polar surface area (TPSA) is 38.0 Å². The molecule has 0 fully saturated rings. The largest absolute Gasteiger partial charge is 0.378 e. The van der Waals surface area contributed by atoms with Crippen molar-refractivity contribution in [2.75, 3.05) is 146 Å². The number of hydrogen-bond donors (Lipinski definition) is 0. The summed E-state index contributed by atoms with van der Waals surface area (Å²) in [6.45, 7) is 40.5. The molecule has 0 spiro atoms. The summed E-state index contributed by atoms with van der Waals surface area (Å²) in [4.78, 5) is 19.4. The lowest BCUT2D eigenvalue weighted by Gasteiger charge is -2.29. The van der Waals surface area contributed by atoms with E-state index in [-0.39, 0.29) is 0 Å². The molecule has 0 atom stereocenters. The summed E-state index contributed by atoms with van der Waals surface area (Å²) in [6.07, 6.45) is 82.7. The summed E-state index contributed by atoms with van der Waals surface area (Å²) < 4.78 is 10.3. The van der Waals surface area contributed by atoms with Crippen LogP contribution in [0, 0.1) is 0 Å². The summed E-state index contributed by atoms with van der Waals surface area (Å²) in [6, 6.07) is 73.9. The van der Waals surface area contributed by atoms with Crippen molar-refractivity contribution in [3.05, 3.63) is 243 Å². The molecule has 2 aliphatic carbocycles. The van der Waals surface area contributed by atoms with Crippen molar-refractivity contribution < 1.29 is 9.15 Å². The van der Waals surface area contributed by atoms with Gasteiger partial charge in [-0.3, -0.25) is 0 Å². The van der Waals surface area contributed by atoms with E-state index in [4.69, 9.17) is 0 Å². The number of unbranched alkanes of at least 4 members (excludes halogenated alkanes) is 40. The first-order valence-electron chi connectivity index (χ1n) is 60.8. The first kappa shape index (κ1) is 121. The molecule has 8 aromatic carbocycles. The highest BCUT2D eigenvalue weighted by molar-refractivity contribution is 6.19. The molecule has 0 heterocycles. The second-order valence-corrected chi connectivity index (χ2v) is 42.7. The summed E-state index contributed by atoms with van der Waals surface area (Å²) >= 11 is 0. The summed E-state index contributed by atoms with van der Waals surface area (Å²) in [5.74, 6) is 0. The molecule has 0 bridgehead atoms. The Bertz CT molecular complexity index is 4940. The Morgan fingerprint density at radius 1 is 0.155 bits per heavy atom. The maximum absolute atomic E-state index is 2.68. The SMILES string of the molecule is CCCCCCCCN(CCCCCCCC)c1ccc(N(c2ccc(N(CC)CC)cc2)c2ccc([N+](=C3C=CC(=[N+](CCCCCCCC)CCCCCCCC)C=C3)c3ccc(N(CC)CC)cc3)cc2)cc1.CCCCCCCCN(CCCCCCCC)c1ccc([N+](=C2C=CC(=[N+](CCCCCCCC)CCCCCCCC)C=C2)c2ccc(N(c3ccc(N(C)C)cc3)c3ccc(N(C)C)cc3)cc2)cc1. The minimum absolute atomic E-state index is 0.991. The monoisotopic (exact) mass is 2010 g/mol. The molecule has 12 nitrogen and oxygen atoms in total. The molecule has 2 aliphatic rings. The number of hydrogen-bond acceptors (Lipinski definition) is 8. The third-order valence-corrected chi connectivity index (χ3v) is 30.6. The van der Waals surface area contributed by atoms with Gasteiger partial charge in [-0.15, -0.1) is 0 Å². The van der Waals surface area contributed by atoms with E-state index < -0.39 is 0 Å². The molecule has 0 aromatic heterocycles. The summed E-state index contributed by atoms with van der Waals surface area (Å²) in [7, 11) is 8.41. The van der Waals surface area contributed by atoms with Crippen LogP contribution in [0.5, 0.6) is 0 Å². The average Bonchev–Trinajstić information content (AvgIpc) is 0.786. The van der Waals surface area contributed by atoms with Crippen molar-refractivity contribution in [1.29, 1.82) is 0 Å². The van der Waals surface area contributed by atoms with Crippen molar-refractivity contribution in [3.8, 4) is 0 Å². The standard InChI is InChI=1S/C70H108N6.C66H100N6/c1-9-17-21-25-29-33-57-73(58-34-30-26-22-18-10-2)63-41-49-67(50-42-63)75(65-45-37-61(38-46-65)71(13-5)14-6)69-53-55-70(56-54-69)76(66-47-39-62(40-48-66)72(15-7)16-8)68-51-43-64(44-52-68)74(59-35-31-27-23-19-11-3)60-36-32-28-24-20-12-4;1-9-13-17-21-25-29-53-69(54-30-26-22-18-14-10-2)59-37-45-63(46-38-59)72(64-47-39-60(40-48-64)70(55-31-27-23-19-15-11-3)56-32-28-24-20-16-12-4)66-51-49-65(50-52-66)71(61-41-33-57(34-42-61)67(5)6)62-43-35-58(36-44-62)68(7)8/h37-56H,9-36,57-60H2,1-8H3;33-52H,9-32,53-56H2,1-8H3/q2*+2. The zero-order valence-corrected chi connectivity index (χ0v) is 96.9. The van der Waals surface area contributed by atoms with Gasteiger partial charge in [-0.25, -0.2) is 9.15 Å². The van der Waals surface area contributed by atoms with Crippen LogP contribution in [0.3, 0.4) is 0 Å². The first-order valence-corrected chi connectivity index (χ1v) is 60.8. The van der Waals surface area contributed by atoms with Crippen molar-refractivity contribution in [1.82, 2.24) is 9.15 Å². The van der Waals surface area contributed by atoms with Gasteiger partial charge in [0.25, 0.3) is 0 Å². The maximum atomic E-state index is 2.68. The van der Waals surface area contributed by atoms with Gasteiger partial charge in [-0.2, -0.15) is 9.15 Å². The van der Waals surface area contributed by atoms with Gasteiger partial charge in [-0.05, 0) is 225 Å². The number of allylic oxidation sites excluding steroid dienone is 8. The van der Waals surface area contributed by atoms with Crippen molar-refractivity contribution in [2.24, 2.45) is 0 Å². The molecule has 12 heteroatoms. The lowest BCUT2D eigenvalue weighted by atomic mass is 10.1. The van der Waals surface area contributed by atoms with Gasteiger partial charge >= 0.3 is 0 Å². The van der Waals surface area contributed by atoms with Crippen LogP contribution in [0.15, 0.2) is 243 Å². The maximum Gasteiger partial charge on any atom is 0.212 e. The third kappa shape index (κ3) is 42.2. The summed E-state index contributed by atoms with van der Waals surface area (Å²) in [5.41, 5.74) is 24.2. The molecule has 0 unspecified atom stereocenters. The molecule has 10 rings (SSSR count). The Labute approximate surface area is 906 Å². The minimum Gasteiger partial charge on any atom is -0.378 e. The highest BCUT2D eigenvalue weighted by Gasteiger charge is 2.28. The average molecular weight is 2010 g/mol. The van der Waals surface area contributed by atoms with Crippen LogP contribution in [-0.2, 0) is 0 Å². The molecule has 0 saturated carbocycles. The van der Waals surface area contributed by atoms with E-state index in [1.807, 2.05) is 0 Å². The molecule has 808 valence electrons. The number of rotatable bonds is 76. The second kappa shape index (κ2) is 73.1. The van der Waals surface area contributed by atoms with Gasteiger partial charge in [0.05, 0.1) is 0 Å². The summed E-state index contributed by atoms with van der Waals surface area (Å²) in [5, 5.41) is 0. The van der Waals surface area contributed by atoms with Gasteiger partial charge in [0.15, 0.2) is 11.4 Å². The van der Waals surface area contributed by atoms with E-state index in [0.717, 1.165) is 113 Å². The van der Waals surface area contributed by atoms with Crippen LogP contribution in [-0.4, -0.2) is 139 Å². The highest BCUT2D eigenvalue weighted by Crippen LogP contribution is 2.42. The number of anilines is 12. The number of nitrogens with zero attached hydrogens (tertiary/aromatic N) is 12. The van der Waals surface area contributed by atoms with Crippen molar-refractivity contribution in [2.45, 2.75) is 391 Å². The molecule has 0 amide bonds. The van der Waals surface area contributed by atoms with E-state index in [0.29, 0.717) is 0 Å². The predicted molar refractivity (Wildman–Crippen MR) is 662 cm³/mol. The Hall–Kier alpha value is -10.2. The third-order valence-electron chi connectivity index (χ3n) is 30.6. The lowest BCUT2D eigenvalue weighted by molar-refractivity contribution is -0.527. The van der Waals surface area contributed by atoms with Gasteiger partial charge < -0.3 is 39.2 Å². The fourth-order valence-corrected chi connectivity index (χ4v) is 21.3. The van der Waals surface area contributed by atoms with E-state index in [1.54, 1.807) is 0 Å². The van der Waals surface area contributed by atoms with E-state index in [9.17, 15) is 0 Å². The predicted octanol–water partition coefficient (Wildman–Crippen LogP) is 38.3. The second-order valence-electron chi connectivity index (χ2n) is 42.7. The van der Waals surface area contributed by atoms with Crippen molar-refractivity contribution in [3.63, 3.8) is 0 Å². The molecule has 0 radical (unpaired) electrons. The van der Waals surface area contributed by atoms with Crippen LogP contribution in [0.1, 0.15) is 391 Å². The molecular weight excluding hydrogens is 1800 g/mol. The fourth-order valence-electron chi connectivity index (χ4n) is 21.3. The molecule has 0 aliphatic heterocycles. The Morgan fingerprint density at radius 2 is 0.311 bits per heavy atom. The van der Waals surface area contributed by atoms with Gasteiger partial charge in [-0.1, -0.05) is 287 Å². The van der Waals surface area contributed by atoms with Crippen LogP contribution in [0.4, 0.5) is 91.0 Å². The van der Waals surface area contributed by atoms with Crippen LogP contribution < -0.4 is 48.4 Å². The van der Waals surface area contributed by atoms with Crippen LogP contribution in [0.25, 0.3) is 0 Å². The molecular formula is C136H208N12+4. The minimum atomic E-state index is 0.991. The zero-order valence-electron chi connectivity index (χ0n) is 96.9. The van der Waals surface area contributed by atoms with E-state index in [1.165, 1.54) is 388 Å². The van der Waals surface area contributed by atoms with E-state index >= 15 is 0 Å². The Balaban J connectivity index is 0.000000329. The highest BCUT2D eigenvalue weighted by atomic mass is 15.2. The molecule has 0 N–H and O–H groups in total. The molecule has 148 heavy (non-hydrogen) atoms. The Kier molecular flexibility index (Phi) is 59.9. The fraction of sp³-hybridized carbons (Fsp3) is 0.559. The van der Waals surface area contributed by atoms with Gasteiger partial charge in [0.2, 0.25) is 34.2 Å². The van der Waals surface area contributed by atoms with E-state index in [2.05, 4.69) is 412 Å². The quantitative estimate of drug-likeness (QED) is 0.0212. The van der Waals surface area contributed by atoms with Crippen LogP contribution >= 0.6 is 0 Å². The van der Waals surface area contributed by atoms with Crippen molar-refractivity contribution >= 4 is 114 Å². The first-order chi connectivity index (χ1) is 72.7. The normalized spacial score (nSPS) is 12.2.